The monoisotopic (exact) mass is 540 g/mol. The first kappa shape index (κ1) is 27.4. The number of fused-ring (bicyclic) bond motifs is 3. The second kappa shape index (κ2) is 9.21. The molecule has 2 unspecified atom stereocenters. The topological polar surface area (TPSA) is 162 Å². The van der Waals surface area contributed by atoms with Gasteiger partial charge in [0.1, 0.15) is 5.75 Å². The van der Waals surface area contributed by atoms with Gasteiger partial charge in [-0.1, -0.05) is 0 Å². The lowest BCUT2D eigenvalue weighted by molar-refractivity contribution is -0.187. The van der Waals surface area contributed by atoms with Gasteiger partial charge in [-0.2, -0.15) is 0 Å². The molecule has 3 fully saturated rings. The second-order valence-electron chi connectivity index (χ2n) is 12.1. The number of likely N-dealkylation sites (tertiary alicyclic amines) is 1. The predicted octanol–water partition coefficient (Wildman–Crippen LogP) is -0.601. The van der Waals surface area contributed by atoms with Crippen molar-refractivity contribution in [1.82, 2.24) is 9.80 Å². The number of benzene rings is 1. The van der Waals surface area contributed by atoms with Crippen LogP contribution in [0.5, 0.6) is 5.75 Å². The van der Waals surface area contributed by atoms with E-state index in [0.717, 1.165) is 31.6 Å². The number of phenols is 1. The Kier molecular flexibility index (Phi) is 6.47. The summed E-state index contributed by atoms with van der Waals surface area (Å²) in [7, 11) is 6.82. The Bertz CT molecular complexity index is 1290. The van der Waals surface area contributed by atoms with Gasteiger partial charge in [0.05, 0.1) is 17.5 Å². The minimum atomic E-state index is -2.75. The van der Waals surface area contributed by atoms with E-state index in [2.05, 4.69) is 4.90 Å². The van der Waals surface area contributed by atoms with Crippen LogP contribution >= 0.6 is 0 Å². The minimum Gasteiger partial charge on any atom is -0.507 e. The molecule has 1 aromatic rings. The number of nitrogens with zero attached hydrogens (tertiary/aromatic N) is 3. The fourth-order valence-corrected chi connectivity index (χ4v) is 7.79. The van der Waals surface area contributed by atoms with E-state index in [1.807, 2.05) is 19.0 Å². The molecule has 1 aliphatic heterocycles. The van der Waals surface area contributed by atoms with Gasteiger partial charge in [0, 0.05) is 37.7 Å². The van der Waals surface area contributed by atoms with Crippen LogP contribution in [0.3, 0.4) is 0 Å². The number of ketones is 4. The van der Waals surface area contributed by atoms with Gasteiger partial charge in [0.25, 0.3) is 0 Å². The predicted molar refractivity (Wildman–Crippen MR) is 140 cm³/mol. The largest absolute Gasteiger partial charge is 0.507 e. The van der Waals surface area contributed by atoms with Crippen molar-refractivity contribution in [3.05, 3.63) is 23.3 Å². The number of carbonyl (C=O) groups is 5. The summed E-state index contributed by atoms with van der Waals surface area (Å²) >= 11 is 0. The highest BCUT2D eigenvalue weighted by Crippen LogP contribution is 2.57. The van der Waals surface area contributed by atoms with Crippen molar-refractivity contribution in [1.29, 1.82) is 0 Å². The van der Waals surface area contributed by atoms with Gasteiger partial charge < -0.3 is 25.7 Å². The van der Waals surface area contributed by atoms with E-state index in [1.54, 1.807) is 20.2 Å². The Hall–Kier alpha value is -3.15. The van der Waals surface area contributed by atoms with Crippen molar-refractivity contribution in [2.75, 3.05) is 52.7 Å². The van der Waals surface area contributed by atoms with Gasteiger partial charge in [-0.25, -0.2) is 0 Å². The van der Waals surface area contributed by atoms with Gasteiger partial charge >= 0.3 is 0 Å². The molecule has 11 nitrogen and oxygen atoms in total. The zero-order valence-corrected chi connectivity index (χ0v) is 22.8. The molecule has 0 spiro atoms. The van der Waals surface area contributed by atoms with E-state index >= 15 is 0 Å². The highest BCUT2D eigenvalue weighted by atomic mass is 16.3. The number of carbonyl (C=O) groups excluding carboxylic acids is 5. The number of aromatic hydroxyl groups is 1. The van der Waals surface area contributed by atoms with Gasteiger partial charge in [-0.15, -0.1) is 0 Å². The SMILES string of the molecule is CN(C)c1ccc(O)c2c1C[C@@]1(CN3CCCC3)C[C@H]3[C@H](N(C)C)C(=O)C(C(N)=O)C(=O)[C@@]3(O)C(=O)C1C2=O. The molecule has 11 heteroatoms. The summed E-state index contributed by atoms with van der Waals surface area (Å²) < 4.78 is 0. The van der Waals surface area contributed by atoms with Crippen LogP contribution in [0.1, 0.15) is 35.2 Å². The van der Waals surface area contributed by atoms with E-state index in [4.69, 9.17) is 5.73 Å². The maximum Gasteiger partial charge on any atom is 0.235 e. The number of aliphatic hydroxyl groups is 1. The molecule has 39 heavy (non-hydrogen) atoms. The summed E-state index contributed by atoms with van der Waals surface area (Å²) in [6.45, 7) is 1.90. The van der Waals surface area contributed by atoms with Gasteiger partial charge in [-0.3, -0.25) is 28.9 Å². The van der Waals surface area contributed by atoms with Crippen LogP contribution in [0.15, 0.2) is 12.1 Å². The van der Waals surface area contributed by atoms with E-state index in [-0.39, 0.29) is 24.2 Å². The van der Waals surface area contributed by atoms with E-state index < -0.39 is 63.9 Å². The highest BCUT2D eigenvalue weighted by Gasteiger charge is 2.72. The molecule has 0 aromatic heterocycles. The molecule has 210 valence electrons. The average Bonchev–Trinajstić information content (AvgIpc) is 3.33. The van der Waals surface area contributed by atoms with Crippen molar-refractivity contribution in [3.63, 3.8) is 0 Å². The van der Waals surface area contributed by atoms with E-state index in [9.17, 15) is 34.2 Å². The smallest absolute Gasteiger partial charge is 0.235 e. The number of hydrogen-bond donors (Lipinski definition) is 3. The third kappa shape index (κ3) is 3.77. The first-order valence-electron chi connectivity index (χ1n) is 13.4. The van der Waals surface area contributed by atoms with Crippen molar-refractivity contribution in [3.8, 4) is 5.75 Å². The number of anilines is 1. The molecular weight excluding hydrogens is 504 g/mol. The van der Waals surface area contributed by atoms with Crippen molar-refractivity contribution >= 4 is 34.7 Å². The highest BCUT2D eigenvalue weighted by molar-refractivity contribution is 6.32. The van der Waals surface area contributed by atoms with Crippen molar-refractivity contribution in [2.24, 2.45) is 28.9 Å². The van der Waals surface area contributed by atoms with Crippen molar-refractivity contribution < 1.29 is 34.2 Å². The molecular formula is C28H36N4O7. The zero-order valence-electron chi connectivity index (χ0n) is 22.8. The number of likely N-dealkylation sites (N-methyl/N-ethyl adjacent to an activating group) is 1. The quantitative estimate of drug-likeness (QED) is 0.411. The summed E-state index contributed by atoms with van der Waals surface area (Å²) in [6, 6.07) is 1.99. The van der Waals surface area contributed by atoms with Gasteiger partial charge in [0.15, 0.2) is 34.7 Å². The summed E-state index contributed by atoms with van der Waals surface area (Å²) in [5.74, 6) is -9.80. The minimum absolute atomic E-state index is 0.00796. The van der Waals surface area contributed by atoms with Crippen LogP contribution in [-0.2, 0) is 25.6 Å². The lowest BCUT2D eigenvalue weighted by Gasteiger charge is -2.58. The normalized spacial score (nSPS) is 34.6. The molecule has 4 N–H and O–H groups in total. The summed E-state index contributed by atoms with van der Waals surface area (Å²) in [5.41, 5.74) is 2.96. The number of primary amides is 1. The first-order chi connectivity index (χ1) is 18.3. The van der Waals surface area contributed by atoms with Crippen LogP contribution in [-0.4, -0.2) is 109 Å². The molecule has 1 saturated heterocycles. The number of nitrogens with two attached hydrogens (primary N) is 1. The second-order valence-corrected chi connectivity index (χ2v) is 12.1. The number of Topliss-reactive ketones (excluding diaryl/α,β-unsaturated/α-hetero) is 4. The molecule has 0 bridgehead atoms. The van der Waals surface area contributed by atoms with Crippen LogP contribution in [0, 0.1) is 23.2 Å². The van der Waals surface area contributed by atoms with Crippen LogP contribution < -0.4 is 10.6 Å². The molecule has 3 aliphatic carbocycles. The lowest BCUT2D eigenvalue weighted by atomic mass is 9.46. The van der Waals surface area contributed by atoms with Crippen LogP contribution in [0.2, 0.25) is 0 Å². The summed E-state index contributed by atoms with van der Waals surface area (Å²) in [5, 5.41) is 22.7. The molecule has 2 saturated carbocycles. The Labute approximate surface area is 226 Å². The fourth-order valence-electron chi connectivity index (χ4n) is 7.79. The number of phenolic OH excluding ortho intramolecular Hbond substituents is 1. The molecule has 1 amide bonds. The van der Waals surface area contributed by atoms with Crippen LogP contribution in [0.4, 0.5) is 5.69 Å². The first-order valence-corrected chi connectivity index (χ1v) is 13.4. The Morgan fingerprint density at radius 1 is 1.08 bits per heavy atom. The third-order valence-electron chi connectivity index (χ3n) is 9.37. The van der Waals surface area contributed by atoms with Crippen LogP contribution in [0.25, 0.3) is 0 Å². The summed E-state index contributed by atoms with van der Waals surface area (Å²) in [6.07, 6.45) is 2.19. The van der Waals surface area contributed by atoms with E-state index in [0.29, 0.717) is 12.1 Å². The van der Waals surface area contributed by atoms with Crippen molar-refractivity contribution in [2.45, 2.75) is 37.3 Å². The molecule has 0 radical (unpaired) electrons. The number of hydrogen-bond acceptors (Lipinski definition) is 10. The average molecular weight is 541 g/mol. The Balaban J connectivity index is 1.75. The Morgan fingerprint density at radius 3 is 2.28 bits per heavy atom. The van der Waals surface area contributed by atoms with E-state index in [1.165, 1.54) is 11.0 Å². The maximum absolute atomic E-state index is 14.4. The Morgan fingerprint density at radius 2 is 1.72 bits per heavy atom. The fraction of sp³-hybridized carbons (Fsp3) is 0.607. The van der Waals surface area contributed by atoms with Gasteiger partial charge in [0.2, 0.25) is 5.91 Å². The zero-order chi connectivity index (χ0) is 28.6. The maximum atomic E-state index is 14.4. The van der Waals surface area contributed by atoms with Gasteiger partial charge in [-0.05, 0) is 70.6 Å². The standard InChI is InChI=1S/C28H36N4O7/c1-30(2)16-7-8-17(33)18-14(16)11-27(13-32-9-5-6-10-32)12-15-21(31(3)4)23(35)19(26(29)38)24(36)28(15,39)25(37)20(27)22(18)34/h7-8,15,19-21,33,39H,5-6,9-13H2,1-4H3,(H2,29,38)/t15-,19?,20?,21-,27-,28+/m0/s1. The summed E-state index contributed by atoms with van der Waals surface area (Å²) in [4.78, 5) is 73.5. The molecule has 1 aromatic carbocycles. The number of amides is 1. The molecule has 5 rings (SSSR count). The third-order valence-corrected chi connectivity index (χ3v) is 9.37. The lowest BCUT2D eigenvalue weighted by Crippen LogP contribution is -2.76. The number of rotatable bonds is 5. The molecule has 4 aliphatic rings. The molecule has 1 heterocycles. The molecule has 6 atom stereocenters.